The Morgan fingerprint density at radius 3 is 2.47 bits per heavy atom. The first-order valence-electron chi connectivity index (χ1n) is 9.07. The van der Waals surface area contributed by atoms with Gasteiger partial charge in [0, 0.05) is 12.1 Å². The zero-order valence-corrected chi connectivity index (χ0v) is 16.6. The summed E-state index contributed by atoms with van der Waals surface area (Å²) in [5, 5.41) is 0. The van der Waals surface area contributed by atoms with E-state index in [2.05, 4.69) is 0 Å². The number of rotatable bonds is 5. The maximum atomic E-state index is 12.5. The first kappa shape index (κ1) is 19.3. The highest BCUT2D eigenvalue weighted by molar-refractivity contribution is 6.14. The number of carbonyl (C=O) groups is 2. The summed E-state index contributed by atoms with van der Waals surface area (Å²) < 4.78 is 26.9. The number of hydrogen-bond donors (Lipinski definition) is 0. The van der Waals surface area contributed by atoms with Gasteiger partial charge in [0.05, 0.1) is 25.3 Å². The van der Waals surface area contributed by atoms with Gasteiger partial charge in [0.1, 0.15) is 23.0 Å². The van der Waals surface area contributed by atoms with Crippen LogP contribution in [0.4, 0.5) is 0 Å². The fourth-order valence-corrected chi connectivity index (χ4v) is 3.02. The van der Waals surface area contributed by atoms with Gasteiger partial charge in [0.15, 0.2) is 17.3 Å². The second-order valence-electron chi connectivity index (χ2n) is 6.51. The van der Waals surface area contributed by atoms with Crippen LogP contribution in [0.5, 0.6) is 23.0 Å². The lowest BCUT2D eigenvalue weighted by Gasteiger charge is -2.09. The number of carbonyl (C=O) groups excluding carboxylic acids is 2. The Kier molecular flexibility index (Phi) is 5.02. The summed E-state index contributed by atoms with van der Waals surface area (Å²) in [6, 6.07) is 12.9. The van der Waals surface area contributed by atoms with Gasteiger partial charge in [-0.1, -0.05) is 0 Å². The maximum absolute atomic E-state index is 12.5. The van der Waals surface area contributed by atoms with Crippen molar-refractivity contribution in [3.8, 4) is 23.0 Å². The molecule has 0 saturated heterocycles. The van der Waals surface area contributed by atoms with Gasteiger partial charge in [0.25, 0.3) is 0 Å². The number of allylic oxidation sites excluding steroid dienone is 1. The molecule has 0 radical (unpaired) electrons. The summed E-state index contributed by atoms with van der Waals surface area (Å²) in [5.41, 5.74) is 0.675. The summed E-state index contributed by atoms with van der Waals surface area (Å²) in [6.07, 6.45) is 1.53. The Balaban J connectivity index is 1.54. The molecule has 2 aromatic carbocycles. The van der Waals surface area contributed by atoms with Crippen molar-refractivity contribution in [2.75, 3.05) is 14.2 Å². The highest BCUT2D eigenvalue weighted by Crippen LogP contribution is 2.35. The number of furan rings is 1. The quantitative estimate of drug-likeness (QED) is 0.352. The van der Waals surface area contributed by atoms with E-state index in [-0.39, 0.29) is 17.3 Å². The SMILES string of the molecule is COc1ccc(C(=O)Oc2ccc3c(c2)O/C(=C\c2ccc(C)o2)C3=O)cc1OC. The molecule has 0 unspecified atom stereocenters. The average molecular weight is 406 g/mol. The fourth-order valence-electron chi connectivity index (χ4n) is 3.02. The number of ketones is 1. The van der Waals surface area contributed by atoms with Crippen LogP contribution in [0.3, 0.4) is 0 Å². The van der Waals surface area contributed by atoms with Crippen LogP contribution in [-0.4, -0.2) is 26.0 Å². The van der Waals surface area contributed by atoms with Gasteiger partial charge in [-0.2, -0.15) is 0 Å². The summed E-state index contributed by atoms with van der Waals surface area (Å²) in [7, 11) is 2.99. The number of esters is 1. The zero-order chi connectivity index (χ0) is 21.3. The standard InChI is InChI=1S/C23H18O7/c1-13-4-6-15(28-13)12-21-22(24)17-8-7-16(11-19(17)30-21)29-23(25)14-5-9-18(26-2)20(10-14)27-3/h4-12H,1-3H3/b21-12-. The summed E-state index contributed by atoms with van der Waals surface area (Å²) in [5.74, 6) is 2.02. The monoisotopic (exact) mass is 406 g/mol. The van der Waals surface area contributed by atoms with Crippen molar-refractivity contribution in [2.45, 2.75) is 6.92 Å². The highest BCUT2D eigenvalue weighted by Gasteiger charge is 2.28. The highest BCUT2D eigenvalue weighted by atomic mass is 16.5. The molecule has 2 heterocycles. The predicted octanol–water partition coefficient (Wildman–Crippen LogP) is 4.44. The summed E-state index contributed by atoms with van der Waals surface area (Å²) in [6.45, 7) is 1.81. The molecule has 1 aromatic heterocycles. The number of Topliss-reactive ketones (excluding diaryl/α,β-unsaturated/α-hetero) is 1. The van der Waals surface area contributed by atoms with E-state index in [0.717, 1.165) is 5.76 Å². The van der Waals surface area contributed by atoms with Gasteiger partial charge in [-0.3, -0.25) is 4.79 Å². The Morgan fingerprint density at radius 2 is 1.77 bits per heavy atom. The third kappa shape index (κ3) is 3.65. The molecule has 3 aromatic rings. The van der Waals surface area contributed by atoms with E-state index in [9.17, 15) is 9.59 Å². The molecule has 0 saturated carbocycles. The molecule has 0 amide bonds. The Labute approximate surface area is 172 Å². The summed E-state index contributed by atoms with van der Waals surface area (Å²) >= 11 is 0. The van der Waals surface area contributed by atoms with E-state index in [1.54, 1.807) is 36.4 Å². The lowest BCUT2D eigenvalue weighted by atomic mass is 10.1. The van der Waals surface area contributed by atoms with Gasteiger partial charge in [-0.25, -0.2) is 4.79 Å². The van der Waals surface area contributed by atoms with Crippen molar-refractivity contribution in [3.63, 3.8) is 0 Å². The number of fused-ring (bicyclic) bond motifs is 1. The van der Waals surface area contributed by atoms with Crippen molar-refractivity contribution in [1.82, 2.24) is 0 Å². The van der Waals surface area contributed by atoms with E-state index in [1.807, 2.05) is 6.92 Å². The molecule has 1 aliphatic rings. The van der Waals surface area contributed by atoms with Crippen LogP contribution in [-0.2, 0) is 0 Å². The van der Waals surface area contributed by atoms with Crippen molar-refractivity contribution in [3.05, 3.63) is 76.9 Å². The second kappa shape index (κ2) is 7.79. The molecule has 30 heavy (non-hydrogen) atoms. The van der Waals surface area contributed by atoms with Gasteiger partial charge < -0.3 is 23.4 Å². The topological polar surface area (TPSA) is 84.2 Å². The first-order chi connectivity index (χ1) is 14.5. The lowest BCUT2D eigenvalue weighted by molar-refractivity contribution is 0.0734. The van der Waals surface area contributed by atoms with Crippen LogP contribution in [0, 0.1) is 6.92 Å². The molecule has 1 aliphatic heterocycles. The van der Waals surface area contributed by atoms with Crippen LogP contribution in [0.2, 0.25) is 0 Å². The minimum Gasteiger partial charge on any atom is -0.493 e. The predicted molar refractivity (Wildman–Crippen MR) is 107 cm³/mol. The number of ether oxygens (including phenoxy) is 4. The molecule has 0 atom stereocenters. The molecule has 0 N–H and O–H groups in total. The van der Waals surface area contributed by atoms with E-state index >= 15 is 0 Å². The van der Waals surface area contributed by atoms with Gasteiger partial charge >= 0.3 is 5.97 Å². The number of methoxy groups -OCH3 is 2. The third-order valence-electron chi connectivity index (χ3n) is 4.51. The molecular formula is C23H18O7. The van der Waals surface area contributed by atoms with Gasteiger partial charge in [-0.05, 0) is 49.4 Å². The van der Waals surface area contributed by atoms with Crippen molar-refractivity contribution in [2.24, 2.45) is 0 Å². The maximum Gasteiger partial charge on any atom is 0.343 e. The Hall–Kier alpha value is -4.00. The molecule has 152 valence electrons. The van der Waals surface area contributed by atoms with E-state index < -0.39 is 5.97 Å². The van der Waals surface area contributed by atoms with Gasteiger partial charge in [0.2, 0.25) is 5.78 Å². The smallest absolute Gasteiger partial charge is 0.343 e. The first-order valence-corrected chi connectivity index (χ1v) is 9.07. The molecule has 7 heteroatoms. The van der Waals surface area contributed by atoms with E-state index in [1.165, 1.54) is 32.4 Å². The van der Waals surface area contributed by atoms with Crippen molar-refractivity contribution in [1.29, 1.82) is 0 Å². The number of benzene rings is 2. The van der Waals surface area contributed by atoms with Crippen molar-refractivity contribution >= 4 is 17.8 Å². The lowest BCUT2D eigenvalue weighted by Crippen LogP contribution is -2.09. The summed E-state index contributed by atoms with van der Waals surface area (Å²) in [4.78, 5) is 25.0. The normalized spacial score (nSPS) is 13.7. The minimum atomic E-state index is -0.581. The average Bonchev–Trinajstić information content (AvgIpc) is 3.30. The molecule has 0 spiro atoms. The molecule has 0 bridgehead atoms. The fraction of sp³-hybridized carbons (Fsp3) is 0.130. The van der Waals surface area contributed by atoms with Crippen LogP contribution < -0.4 is 18.9 Å². The second-order valence-corrected chi connectivity index (χ2v) is 6.51. The zero-order valence-electron chi connectivity index (χ0n) is 16.6. The Bertz CT molecular complexity index is 1170. The number of aryl methyl sites for hydroxylation is 1. The van der Waals surface area contributed by atoms with E-state index in [4.69, 9.17) is 23.4 Å². The molecular weight excluding hydrogens is 388 g/mol. The molecule has 0 fully saturated rings. The van der Waals surface area contributed by atoms with Crippen LogP contribution in [0.15, 0.2) is 58.7 Å². The van der Waals surface area contributed by atoms with Crippen LogP contribution in [0.25, 0.3) is 6.08 Å². The molecule has 0 aliphatic carbocycles. The third-order valence-corrected chi connectivity index (χ3v) is 4.51. The van der Waals surface area contributed by atoms with Crippen molar-refractivity contribution < 1.29 is 33.0 Å². The molecule has 7 nitrogen and oxygen atoms in total. The van der Waals surface area contributed by atoms with Gasteiger partial charge in [-0.15, -0.1) is 0 Å². The Morgan fingerprint density at radius 1 is 0.967 bits per heavy atom. The number of hydrogen-bond acceptors (Lipinski definition) is 7. The van der Waals surface area contributed by atoms with E-state index in [0.29, 0.717) is 34.1 Å². The van der Waals surface area contributed by atoms with Crippen LogP contribution >= 0.6 is 0 Å². The minimum absolute atomic E-state index is 0.141. The molecule has 4 rings (SSSR count). The van der Waals surface area contributed by atoms with Crippen LogP contribution in [0.1, 0.15) is 32.2 Å². The largest absolute Gasteiger partial charge is 0.493 e.